The van der Waals surface area contributed by atoms with Gasteiger partial charge in [0.15, 0.2) is 0 Å². The highest BCUT2D eigenvalue weighted by Crippen LogP contribution is 2.60. The highest BCUT2D eigenvalue weighted by molar-refractivity contribution is 5.66. The summed E-state index contributed by atoms with van der Waals surface area (Å²) >= 11 is 0. The van der Waals surface area contributed by atoms with E-state index in [0.717, 1.165) is 0 Å². The monoisotopic (exact) mass is 406 g/mol. The van der Waals surface area contributed by atoms with Crippen molar-refractivity contribution in [2.24, 2.45) is 0 Å². The van der Waals surface area contributed by atoms with Crippen molar-refractivity contribution in [3.63, 3.8) is 0 Å². The van der Waals surface area contributed by atoms with Gasteiger partial charge in [-0.2, -0.15) is 57.1 Å². The lowest BCUT2D eigenvalue weighted by molar-refractivity contribution is -0.440. The largest absolute Gasteiger partial charge is 0.481 e. The van der Waals surface area contributed by atoms with E-state index in [4.69, 9.17) is 5.11 Å². The zero-order valence-electron chi connectivity index (χ0n) is 11.4. The second kappa shape index (κ2) is 6.37. The normalized spacial score (nSPS) is 15.4. The van der Waals surface area contributed by atoms with Gasteiger partial charge in [0.25, 0.3) is 0 Å². The van der Waals surface area contributed by atoms with Crippen LogP contribution < -0.4 is 0 Å². The molecule has 1 N–H and O–H groups in total. The zero-order chi connectivity index (χ0) is 20.7. The van der Waals surface area contributed by atoms with Gasteiger partial charge in [-0.15, -0.1) is 0 Å². The first-order chi connectivity index (χ1) is 10.7. The summed E-state index contributed by atoms with van der Waals surface area (Å²) in [6, 6.07) is 0. The molecule has 0 radical (unpaired) electrons. The molecular weight excluding hydrogens is 399 g/mol. The average Bonchev–Trinajstić information content (AvgIpc) is 2.35. The second-order valence-electron chi connectivity index (χ2n) is 4.75. The van der Waals surface area contributed by atoms with Crippen LogP contribution in [-0.4, -0.2) is 46.9 Å². The average molecular weight is 406 g/mol. The highest BCUT2D eigenvalue weighted by Gasteiger charge is 2.90. The molecule has 0 aliphatic carbocycles. The van der Waals surface area contributed by atoms with Crippen molar-refractivity contribution in [1.29, 1.82) is 0 Å². The van der Waals surface area contributed by atoms with Crippen molar-refractivity contribution >= 4 is 5.97 Å². The molecule has 0 atom stereocenters. The topological polar surface area (TPSA) is 37.3 Å². The summed E-state index contributed by atoms with van der Waals surface area (Å²) in [5.41, 5.74) is 0. The van der Waals surface area contributed by atoms with Crippen molar-refractivity contribution in [2.45, 2.75) is 55.1 Å². The van der Waals surface area contributed by atoms with E-state index >= 15 is 0 Å². The Morgan fingerprint density at radius 2 is 1.00 bits per heavy atom. The third-order valence-electron chi connectivity index (χ3n) is 2.88. The standard InChI is InChI=1S/C10H7F13O2/c11-5(12,3-1-2-4(24)25)6(13,14)7(15,16)8(17,18)9(19,20)10(21,22)23/h1-3H2,(H,24,25). The van der Waals surface area contributed by atoms with Crippen LogP contribution in [0.5, 0.6) is 0 Å². The van der Waals surface area contributed by atoms with E-state index in [1.807, 2.05) is 0 Å². The van der Waals surface area contributed by atoms with Crippen molar-refractivity contribution in [3.05, 3.63) is 0 Å². The van der Waals surface area contributed by atoms with Crippen LogP contribution in [0.1, 0.15) is 19.3 Å². The molecule has 2 nitrogen and oxygen atoms in total. The van der Waals surface area contributed by atoms with Crippen molar-refractivity contribution in [2.75, 3.05) is 0 Å². The van der Waals surface area contributed by atoms with Gasteiger partial charge in [0, 0.05) is 12.8 Å². The number of alkyl halides is 13. The Hall–Kier alpha value is -1.44. The number of aliphatic carboxylic acids is 1. The van der Waals surface area contributed by atoms with Gasteiger partial charge in [-0.25, -0.2) is 0 Å². The molecule has 15 heteroatoms. The van der Waals surface area contributed by atoms with Crippen molar-refractivity contribution < 1.29 is 67.0 Å². The summed E-state index contributed by atoms with van der Waals surface area (Å²) < 4.78 is 164. The van der Waals surface area contributed by atoms with Gasteiger partial charge in [-0.3, -0.25) is 4.79 Å². The van der Waals surface area contributed by atoms with Gasteiger partial charge in [0.05, 0.1) is 0 Å². The zero-order valence-corrected chi connectivity index (χ0v) is 11.4. The van der Waals surface area contributed by atoms with Crippen LogP contribution in [0.2, 0.25) is 0 Å². The molecule has 25 heavy (non-hydrogen) atoms. The quantitative estimate of drug-likeness (QED) is 0.578. The van der Waals surface area contributed by atoms with Crippen LogP contribution in [0.3, 0.4) is 0 Å². The van der Waals surface area contributed by atoms with E-state index in [1.54, 1.807) is 0 Å². The molecule has 0 saturated heterocycles. The van der Waals surface area contributed by atoms with E-state index in [0.29, 0.717) is 0 Å². The molecule has 0 aromatic heterocycles. The van der Waals surface area contributed by atoms with E-state index in [9.17, 15) is 61.9 Å². The summed E-state index contributed by atoms with van der Waals surface area (Å²) in [7, 11) is 0. The molecule has 0 spiro atoms. The van der Waals surface area contributed by atoms with E-state index in [-0.39, 0.29) is 0 Å². The van der Waals surface area contributed by atoms with E-state index in [2.05, 4.69) is 0 Å². The van der Waals surface area contributed by atoms with Crippen LogP contribution in [0.25, 0.3) is 0 Å². The van der Waals surface area contributed by atoms with Crippen LogP contribution in [-0.2, 0) is 4.79 Å². The first kappa shape index (κ1) is 23.6. The molecule has 0 fully saturated rings. The molecule has 0 rings (SSSR count). The smallest absolute Gasteiger partial charge is 0.460 e. The number of hydrogen-bond acceptors (Lipinski definition) is 1. The van der Waals surface area contributed by atoms with Gasteiger partial charge >= 0.3 is 41.8 Å². The minimum Gasteiger partial charge on any atom is -0.481 e. The second-order valence-corrected chi connectivity index (χ2v) is 4.75. The summed E-state index contributed by atoms with van der Waals surface area (Å²) in [4.78, 5) is 10.0. The summed E-state index contributed by atoms with van der Waals surface area (Å²) in [6.07, 6.45) is -12.7. The minimum atomic E-state index is -7.93. The Kier molecular flexibility index (Phi) is 6.01. The van der Waals surface area contributed by atoms with Crippen molar-refractivity contribution in [3.8, 4) is 0 Å². The SMILES string of the molecule is O=C(O)CCCC(F)(F)C(F)(F)C(F)(F)C(F)(F)C(F)(F)C(F)(F)F. The summed E-state index contributed by atoms with van der Waals surface area (Å²) in [6.45, 7) is 0. The first-order valence-electron chi connectivity index (χ1n) is 5.84. The molecule has 0 heterocycles. The number of rotatable bonds is 8. The predicted molar refractivity (Wildman–Crippen MR) is 52.3 cm³/mol. The third-order valence-corrected chi connectivity index (χ3v) is 2.88. The molecule has 0 amide bonds. The van der Waals surface area contributed by atoms with Crippen LogP contribution in [0, 0.1) is 0 Å². The van der Waals surface area contributed by atoms with Gasteiger partial charge in [-0.1, -0.05) is 0 Å². The maximum absolute atomic E-state index is 13.1. The van der Waals surface area contributed by atoms with Crippen molar-refractivity contribution in [1.82, 2.24) is 0 Å². The lowest BCUT2D eigenvalue weighted by atomic mass is 9.92. The molecule has 150 valence electrons. The fourth-order valence-electron chi connectivity index (χ4n) is 1.42. The Labute approximate surface area is 129 Å². The number of carbonyl (C=O) groups is 1. The number of carboxylic acid groups (broad SMARTS) is 1. The lowest BCUT2D eigenvalue weighted by Crippen LogP contribution is -2.70. The molecule has 0 aromatic carbocycles. The number of hydrogen-bond donors (Lipinski definition) is 1. The highest BCUT2D eigenvalue weighted by atomic mass is 19.4. The van der Waals surface area contributed by atoms with E-state index < -0.39 is 61.0 Å². The maximum Gasteiger partial charge on any atom is 0.460 e. The number of halogens is 13. The Morgan fingerprint density at radius 1 is 0.640 bits per heavy atom. The first-order valence-corrected chi connectivity index (χ1v) is 5.84. The molecule has 0 aromatic rings. The fourth-order valence-corrected chi connectivity index (χ4v) is 1.42. The van der Waals surface area contributed by atoms with E-state index in [1.165, 1.54) is 0 Å². The lowest BCUT2D eigenvalue weighted by Gasteiger charge is -2.39. The Balaban J connectivity index is 5.90. The predicted octanol–water partition coefficient (Wildman–Crippen LogP) is 4.98. The van der Waals surface area contributed by atoms with Crippen LogP contribution in [0.15, 0.2) is 0 Å². The third kappa shape index (κ3) is 3.73. The Bertz CT molecular complexity index is 494. The number of carboxylic acids is 1. The van der Waals surface area contributed by atoms with Gasteiger partial charge in [-0.05, 0) is 6.42 Å². The molecule has 0 bridgehead atoms. The fraction of sp³-hybridized carbons (Fsp3) is 0.900. The molecule has 0 aliphatic rings. The molecule has 0 saturated carbocycles. The van der Waals surface area contributed by atoms with Gasteiger partial charge in [0.1, 0.15) is 0 Å². The van der Waals surface area contributed by atoms with Gasteiger partial charge < -0.3 is 5.11 Å². The summed E-state index contributed by atoms with van der Waals surface area (Å²) in [5, 5.41) is 8.07. The molecule has 0 aliphatic heterocycles. The molecule has 0 unspecified atom stereocenters. The molecular formula is C10H7F13O2. The maximum atomic E-state index is 13.1. The van der Waals surface area contributed by atoms with Gasteiger partial charge in [0.2, 0.25) is 0 Å². The summed E-state index contributed by atoms with van der Waals surface area (Å²) in [5.74, 6) is -39.0. The Morgan fingerprint density at radius 3 is 1.32 bits per heavy atom. The van der Waals surface area contributed by atoms with Crippen LogP contribution >= 0.6 is 0 Å². The van der Waals surface area contributed by atoms with Crippen LogP contribution in [0.4, 0.5) is 57.1 Å². The minimum absolute atomic E-state index is 1.31.